The summed E-state index contributed by atoms with van der Waals surface area (Å²) in [5, 5.41) is 0. The summed E-state index contributed by atoms with van der Waals surface area (Å²) >= 11 is 0. The number of ether oxygens (including phenoxy) is 1. The molecule has 0 N–H and O–H groups in total. The van der Waals surface area contributed by atoms with E-state index in [0.29, 0.717) is 6.61 Å². The van der Waals surface area contributed by atoms with Crippen molar-refractivity contribution in [2.45, 2.75) is 51.0 Å². The van der Waals surface area contributed by atoms with Crippen molar-refractivity contribution in [2.24, 2.45) is 5.41 Å². The smallest absolute Gasteiger partial charge is 0.230 e. The Balaban J connectivity index is 1.78. The van der Waals surface area contributed by atoms with E-state index in [4.69, 9.17) is 4.74 Å². The van der Waals surface area contributed by atoms with E-state index in [1.165, 1.54) is 25.7 Å². The van der Waals surface area contributed by atoms with E-state index < -0.39 is 0 Å². The van der Waals surface area contributed by atoms with Crippen molar-refractivity contribution in [1.29, 1.82) is 0 Å². The molecule has 0 aromatic carbocycles. The maximum atomic E-state index is 12.6. The Hall–Kier alpha value is -0.610. The van der Waals surface area contributed by atoms with Crippen LogP contribution < -0.4 is 0 Å². The second kappa shape index (κ2) is 6.90. The minimum atomic E-state index is -0.213. The monoisotopic (exact) mass is 282 g/mol. The zero-order chi connectivity index (χ0) is 14.6. The van der Waals surface area contributed by atoms with Gasteiger partial charge >= 0.3 is 0 Å². The lowest BCUT2D eigenvalue weighted by Gasteiger charge is -2.42. The van der Waals surface area contributed by atoms with E-state index in [9.17, 15) is 4.79 Å². The van der Waals surface area contributed by atoms with Crippen molar-refractivity contribution in [3.05, 3.63) is 0 Å². The molecule has 0 unspecified atom stereocenters. The largest absolute Gasteiger partial charge is 0.384 e. The number of hydrogen-bond donors (Lipinski definition) is 0. The number of nitrogens with zero attached hydrogens (tertiary/aromatic N) is 2. The standard InChI is InChI=1S/C16H30N2O2/c1-17(14-7-4-5-8-14)11-12-18(2)15(19)16(13-20-3)9-6-10-16/h14H,4-13H2,1-3H3. The Kier molecular flexibility index (Phi) is 5.44. The maximum Gasteiger partial charge on any atom is 0.230 e. The molecule has 2 rings (SSSR count). The summed E-state index contributed by atoms with van der Waals surface area (Å²) in [6, 6.07) is 0.732. The predicted octanol–water partition coefficient (Wildman–Crippen LogP) is 2.14. The number of methoxy groups -OCH3 is 1. The van der Waals surface area contributed by atoms with Gasteiger partial charge in [-0.3, -0.25) is 4.79 Å². The molecule has 2 aliphatic carbocycles. The number of carbonyl (C=O) groups is 1. The van der Waals surface area contributed by atoms with Gasteiger partial charge in [-0.2, -0.15) is 0 Å². The van der Waals surface area contributed by atoms with Gasteiger partial charge in [-0.25, -0.2) is 0 Å². The van der Waals surface area contributed by atoms with Crippen LogP contribution in [-0.2, 0) is 9.53 Å². The Morgan fingerprint density at radius 1 is 1.15 bits per heavy atom. The first kappa shape index (κ1) is 15.8. The molecule has 0 spiro atoms. The molecule has 4 heteroatoms. The van der Waals surface area contributed by atoms with Gasteiger partial charge in [-0.1, -0.05) is 19.3 Å². The fourth-order valence-corrected chi connectivity index (χ4v) is 3.64. The number of likely N-dealkylation sites (N-methyl/N-ethyl adjacent to an activating group) is 2. The lowest BCUT2D eigenvalue weighted by Crippen LogP contribution is -2.50. The Labute approximate surface area is 123 Å². The molecule has 0 heterocycles. The molecule has 20 heavy (non-hydrogen) atoms. The number of rotatable bonds is 7. The molecule has 2 fully saturated rings. The molecule has 2 aliphatic rings. The quantitative estimate of drug-likeness (QED) is 0.717. The molecule has 0 aliphatic heterocycles. The van der Waals surface area contributed by atoms with Gasteiger partial charge < -0.3 is 14.5 Å². The van der Waals surface area contributed by atoms with Gasteiger partial charge in [0, 0.05) is 33.3 Å². The minimum Gasteiger partial charge on any atom is -0.384 e. The third-order valence-corrected chi connectivity index (χ3v) is 5.27. The average Bonchev–Trinajstić information content (AvgIpc) is 2.93. The third-order valence-electron chi connectivity index (χ3n) is 5.27. The van der Waals surface area contributed by atoms with Crippen LogP contribution in [0.3, 0.4) is 0 Å². The van der Waals surface area contributed by atoms with Crippen molar-refractivity contribution in [2.75, 3.05) is 40.9 Å². The molecular weight excluding hydrogens is 252 g/mol. The Morgan fingerprint density at radius 3 is 2.30 bits per heavy atom. The number of carbonyl (C=O) groups excluding carboxylic acids is 1. The second-order valence-corrected chi connectivity index (χ2v) is 6.71. The van der Waals surface area contributed by atoms with Crippen LogP contribution in [0.5, 0.6) is 0 Å². The second-order valence-electron chi connectivity index (χ2n) is 6.71. The number of amides is 1. The van der Waals surface area contributed by atoms with Crippen LogP contribution in [0.15, 0.2) is 0 Å². The topological polar surface area (TPSA) is 32.8 Å². The van der Waals surface area contributed by atoms with Gasteiger partial charge in [-0.05, 0) is 32.7 Å². The summed E-state index contributed by atoms with van der Waals surface area (Å²) in [5.41, 5.74) is -0.213. The minimum absolute atomic E-state index is 0.213. The molecule has 0 radical (unpaired) electrons. The molecular formula is C16H30N2O2. The average molecular weight is 282 g/mol. The molecule has 0 aromatic heterocycles. The zero-order valence-electron chi connectivity index (χ0n) is 13.4. The normalized spacial score (nSPS) is 22.0. The fourth-order valence-electron chi connectivity index (χ4n) is 3.64. The highest BCUT2D eigenvalue weighted by Gasteiger charge is 2.45. The summed E-state index contributed by atoms with van der Waals surface area (Å²) in [4.78, 5) is 16.9. The van der Waals surface area contributed by atoms with Crippen LogP contribution in [-0.4, -0.2) is 62.7 Å². The Bertz CT molecular complexity index is 322. The highest BCUT2D eigenvalue weighted by atomic mass is 16.5. The molecule has 0 atom stereocenters. The zero-order valence-corrected chi connectivity index (χ0v) is 13.4. The first-order valence-corrected chi connectivity index (χ1v) is 8.04. The van der Waals surface area contributed by atoms with Gasteiger partial charge in [0.15, 0.2) is 0 Å². The number of hydrogen-bond acceptors (Lipinski definition) is 3. The summed E-state index contributed by atoms with van der Waals surface area (Å²) in [5.74, 6) is 0.283. The lowest BCUT2D eigenvalue weighted by molar-refractivity contribution is -0.150. The maximum absolute atomic E-state index is 12.6. The van der Waals surface area contributed by atoms with Crippen LogP contribution >= 0.6 is 0 Å². The SMILES string of the molecule is COCC1(C(=O)N(C)CCN(C)C2CCCC2)CCC1. The van der Waals surface area contributed by atoms with Crippen molar-refractivity contribution < 1.29 is 9.53 Å². The van der Waals surface area contributed by atoms with Gasteiger partial charge in [0.05, 0.1) is 12.0 Å². The summed E-state index contributed by atoms with van der Waals surface area (Å²) in [6.45, 7) is 2.39. The highest BCUT2D eigenvalue weighted by Crippen LogP contribution is 2.42. The highest BCUT2D eigenvalue weighted by molar-refractivity contribution is 5.83. The van der Waals surface area contributed by atoms with Gasteiger partial charge in [-0.15, -0.1) is 0 Å². The van der Waals surface area contributed by atoms with E-state index in [1.54, 1.807) is 7.11 Å². The summed E-state index contributed by atoms with van der Waals surface area (Å²) in [7, 11) is 5.84. The van der Waals surface area contributed by atoms with E-state index in [2.05, 4.69) is 11.9 Å². The predicted molar refractivity (Wildman–Crippen MR) is 80.7 cm³/mol. The molecule has 2 saturated carbocycles. The van der Waals surface area contributed by atoms with E-state index >= 15 is 0 Å². The molecule has 0 saturated heterocycles. The van der Waals surface area contributed by atoms with Gasteiger partial charge in [0.2, 0.25) is 5.91 Å². The summed E-state index contributed by atoms with van der Waals surface area (Å²) < 4.78 is 5.27. The van der Waals surface area contributed by atoms with Crippen LogP contribution in [0.25, 0.3) is 0 Å². The molecule has 4 nitrogen and oxygen atoms in total. The van der Waals surface area contributed by atoms with Crippen molar-refractivity contribution >= 4 is 5.91 Å². The van der Waals surface area contributed by atoms with Gasteiger partial charge in [0.1, 0.15) is 0 Å². The van der Waals surface area contributed by atoms with E-state index in [1.807, 2.05) is 11.9 Å². The molecule has 0 bridgehead atoms. The van der Waals surface area contributed by atoms with Crippen LogP contribution in [0.2, 0.25) is 0 Å². The van der Waals surface area contributed by atoms with Crippen LogP contribution in [0, 0.1) is 5.41 Å². The van der Waals surface area contributed by atoms with Crippen LogP contribution in [0.1, 0.15) is 44.9 Å². The third kappa shape index (κ3) is 3.34. The molecule has 0 aromatic rings. The van der Waals surface area contributed by atoms with Crippen molar-refractivity contribution in [3.63, 3.8) is 0 Å². The van der Waals surface area contributed by atoms with Crippen molar-refractivity contribution in [1.82, 2.24) is 9.80 Å². The summed E-state index contributed by atoms with van der Waals surface area (Å²) in [6.07, 6.45) is 8.50. The first-order valence-electron chi connectivity index (χ1n) is 8.04. The lowest BCUT2D eigenvalue weighted by atomic mass is 9.68. The Morgan fingerprint density at radius 2 is 1.80 bits per heavy atom. The van der Waals surface area contributed by atoms with E-state index in [-0.39, 0.29) is 11.3 Å². The fraction of sp³-hybridized carbons (Fsp3) is 0.938. The van der Waals surface area contributed by atoms with E-state index in [0.717, 1.165) is 38.4 Å². The van der Waals surface area contributed by atoms with Gasteiger partial charge in [0.25, 0.3) is 0 Å². The molecule has 1 amide bonds. The molecule has 116 valence electrons. The first-order chi connectivity index (χ1) is 9.59. The van der Waals surface area contributed by atoms with Crippen molar-refractivity contribution in [3.8, 4) is 0 Å². The van der Waals surface area contributed by atoms with Crippen LogP contribution in [0.4, 0.5) is 0 Å².